The van der Waals surface area contributed by atoms with E-state index in [1.165, 1.54) is 32.1 Å². The molecule has 4 heteroatoms. The number of unbranched alkanes of at least 4 members (excludes halogenated alkanes) is 6. The van der Waals surface area contributed by atoms with Gasteiger partial charge in [-0.05, 0) is 6.42 Å². The summed E-state index contributed by atoms with van der Waals surface area (Å²) in [6.45, 7) is 2.67. The van der Waals surface area contributed by atoms with Gasteiger partial charge in [0.2, 0.25) is 0 Å². The molecule has 0 fully saturated rings. The van der Waals surface area contributed by atoms with E-state index in [1.54, 1.807) is 0 Å². The van der Waals surface area contributed by atoms with Crippen molar-refractivity contribution in [1.29, 1.82) is 0 Å². The number of hydrogen-bond donors (Lipinski definition) is 1. The van der Waals surface area contributed by atoms with Crippen molar-refractivity contribution in [3.63, 3.8) is 0 Å². The summed E-state index contributed by atoms with van der Waals surface area (Å²) in [7, 11) is 0. The first kappa shape index (κ1) is 14.9. The number of carbonyl (C=O) groups is 2. The molecule has 1 amide bonds. The van der Waals surface area contributed by atoms with Gasteiger partial charge in [-0.1, -0.05) is 45.4 Å². The van der Waals surface area contributed by atoms with Gasteiger partial charge in [-0.3, -0.25) is 0 Å². The molecule has 0 heterocycles. The van der Waals surface area contributed by atoms with Crippen LogP contribution in [0, 0.1) is 0 Å². The summed E-state index contributed by atoms with van der Waals surface area (Å²) in [4.78, 5) is 20.8. The Hall–Kier alpha value is -1.06. The molecule has 0 rings (SSSR count). The van der Waals surface area contributed by atoms with Gasteiger partial charge in [-0.15, -0.1) is 0 Å². The fraction of sp³-hybridized carbons (Fsp3) is 0.833. The monoisotopic (exact) mass is 229 g/mol. The smallest absolute Gasteiger partial charge is 0.407 e. The molecule has 0 aliphatic carbocycles. The zero-order valence-corrected chi connectivity index (χ0v) is 10.2. The van der Waals surface area contributed by atoms with Gasteiger partial charge in [0.05, 0.1) is 13.2 Å². The maximum atomic E-state index is 10.9. The molecule has 0 unspecified atom stereocenters. The van der Waals surface area contributed by atoms with Crippen LogP contribution in [-0.2, 0) is 9.53 Å². The molecule has 0 aromatic heterocycles. The minimum Gasteiger partial charge on any atom is -0.450 e. The third kappa shape index (κ3) is 11.0. The van der Waals surface area contributed by atoms with E-state index < -0.39 is 6.09 Å². The molecule has 0 spiro atoms. The third-order valence-corrected chi connectivity index (χ3v) is 2.31. The Morgan fingerprint density at radius 2 is 1.75 bits per heavy atom. The topological polar surface area (TPSA) is 55.4 Å². The summed E-state index contributed by atoms with van der Waals surface area (Å²) in [5, 5.41) is 2.32. The molecule has 0 saturated carbocycles. The highest BCUT2D eigenvalue weighted by atomic mass is 16.5. The number of amides is 1. The van der Waals surface area contributed by atoms with Crippen LogP contribution < -0.4 is 5.32 Å². The Balaban J connectivity index is 3.08. The van der Waals surface area contributed by atoms with Crippen LogP contribution in [0.1, 0.15) is 51.9 Å². The van der Waals surface area contributed by atoms with Crippen molar-refractivity contribution in [3.05, 3.63) is 0 Å². The second-order valence-corrected chi connectivity index (χ2v) is 3.80. The van der Waals surface area contributed by atoms with Crippen LogP contribution in [0.3, 0.4) is 0 Å². The number of ether oxygens (including phenoxy) is 1. The Kier molecular flexibility index (Phi) is 11.2. The molecular weight excluding hydrogens is 206 g/mol. The van der Waals surface area contributed by atoms with Crippen molar-refractivity contribution in [2.24, 2.45) is 0 Å². The molecule has 0 aromatic carbocycles. The van der Waals surface area contributed by atoms with Crippen LogP contribution in [-0.4, -0.2) is 25.5 Å². The van der Waals surface area contributed by atoms with Crippen LogP contribution in [0.25, 0.3) is 0 Å². The summed E-state index contributed by atoms with van der Waals surface area (Å²) >= 11 is 0. The Morgan fingerprint density at radius 3 is 2.38 bits per heavy atom. The van der Waals surface area contributed by atoms with Crippen LogP contribution in [0.4, 0.5) is 4.79 Å². The molecule has 94 valence electrons. The van der Waals surface area contributed by atoms with Gasteiger partial charge >= 0.3 is 6.09 Å². The first-order valence-electron chi connectivity index (χ1n) is 6.15. The summed E-state index contributed by atoms with van der Waals surface area (Å²) in [5.74, 6) is 0. The van der Waals surface area contributed by atoms with E-state index >= 15 is 0 Å². The van der Waals surface area contributed by atoms with E-state index in [2.05, 4.69) is 12.2 Å². The van der Waals surface area contributed by atoms with E-state index in [0.717, 1.165) is 12.8 Å². The SMILES string of the molecule is CCCCCCCCCOC(=O)NCC=O. The number of carbonyl (C=O) groups excluding carboxylic acids is 2. The minimum atomic E-state index is -0.502. The summed E-state index contributed by atoms with van der Waals surface area (Å²) < 4.78 is 4.86. The fourth-order valence-corrected chi connectivity index (χ4v) is 1.40. The maximum Gasteiger partial charge on any atom is 0.407 e. The van der Waals surface area contributed by atoms with Gasteiger partial charge < -0.3 is 14.8 Å². The second-order valence-electron chi connectivity index (χ2n) is 3.80. The van der Waals surface area contributed by atoms with Crippen LogP contribution in [0.5, 0.6) is 0 Å². The predicted molar refractivity (Wildman–Crippen MR) is 63.4 cm³/mol. The summed E-state index contributed by atoms with van der Waals surface area (Å²) in [5.41, 5.74) is 0. The lowest BCUT2D eigenvalue weighted by Gasteiger charge is -2.04. The van der Waals surface area contributed by atoms with Crippen LogP contribution >= 0.6 is 0 Å². The summed E-state index contributed by atoms with van der Waals surface area (Å²) in [6, 6.07) is 0. The number of nitrogens with one attached hydrogen (secondary N) is 1. The number of alkyl carbamates (subject to hydrolysis) is 1. The van der Waals surface area contributed by atoms with Crippen molar-refractivity contribution < 1.29 is 14.3 Å². The van der Waals surface area contributed by atoms with Crippen molar-refractivity contribution in [2.45, 2.75) is 51.9 Å². The molecule has 0 saturated heterocycles. The molecular formula is C12H23NO3. The van der Waals surface area contributed by atoms with Crippen molar-refractivity contribution >= 4 is 12.4 Å². The average Bonchev–Trinajstić information content (AvgIpc) is 2.30. The molecule has 0 aliphatic rings. The van der Waals surface area contributed by atoms with Crippen molar-refractivity contribution in [1.82, 2.24) is 5.32 Å². The lowest BCUT2D eigenvalue weighted by Crippen LogP contribution is -2.26. The van der Waals surface area contributed by atoms with E-state index in [9.17, 15) is 9.59 Å². The van der Waals surface area contributed by atoms with Crippen LogP contribution in [0.2, 0.25) is 0 Å². The first-order chi connectivity index (χ1) is 7.81. The van der Waals surface area contributed by atoms with Crippen LogP contribution in [0.15, 0.2) is 0 Å². The van der Waals surface area contributed by atoms with Gasteiger partial charge in [0.1, 0.15) is 6.29 Å². The normalized spacial score (nSPS) is 9.81. The largest absolute Gasteiger partial charge is 0.450 e. The summed E-state index contributed by atoms with van der Waals surface area (Å²) in [6.07, 6.45) is 8.49. The Labute approximate surface area is 97.7 Å². The highest BCUT2D eigenvalue weighted by Gasteiger charge is 1.99. The fourth-order valence-electron chi connectivity index (χ4n) is 1.40. The minimum absolute atomic E-state index is 0.0237. The molecule has 0 radical (unpaired) electrons. The number of aldehydes is 1. The Bertz CT molecular complexity index is 183. The molecule has 4 nitrogen and oxygen atoms in total. The van der Waals surface area contributed by atoms with Gasteiger partial charge in [0.25, 0.3) is 0 Å². The zero-order valence-electron chi connectivity index (χ0n) is 10.2. The highest BCUT2D eigenvalue weighted by molar-refractivity contribution is 5.70. The predicted octanol–water partition coefficient (Wildman–Crippen LogP) is 2.66. The van der Waals surface area contributed by atoms with Gasteiger partial charge in [0, 0.05) is 0 Å². The van der Waals surface area contributed by atoms with E-state index in [1.807, 2.05) is 0 Å². The molecule has 0 aromatic rings. The standard InChI is InChI=1S/C12H23NO3/c1-2-3-4-5-6-7-8-11-16-12(15)13-9-10-14/h10H,2-9,11H2,1H3,(H,13,15). The molecule has 1 N–H and O–H groups in total. The van der Waals surface area contributed by atoms with E-state index in [0.29, 0.717) is 12.9 Å². The highest BCUT2D eigenvalue weighted by Crippen LogP contribution is 2.06. The van der Waals surface area contributed by atoms with Crippen molar-refractivity contribution in [3.8, 4) is 0 Å². The van der Waals surface area contributed by atoms with E-state index in [4.69, 9.17) is 4.74 Å². The van der Waals surface area contributed by atoms with Gasteiger partial charge in [0.15, 0.2) is 0 Å². The molecule has 0 aliphatic heterocycles. The van der Waals surface area contributed by atoms with E-state index in [-0.39, 0.29) is 6.54 Å². The first-order valence-corrected chi connectivity index (χ1v) is 6.15. The lowest BCUT2D eigenvalue weighted by atomic mass is 10.1. The second kappa shape index (κ2) is 12.0. The van der Waals surface area contributed by atoms with Gasteiger partial charge in [-0.25, -0.2) is 4.79 Å². The van der Waals surface area contributed by atoms with Crippen molar-refractivity contribution in [2.75, 3.05) is 13.2 Å². The van der Waals surface area contributed by atoms with Gasteiger partial charge in [-0.2, -0.15) is 0 Å². The Morgan fingerprint density at radius 1 is 1.12 bits per heavy atom. The maximum absolute atomic E-state index is 10.9. The third-order valence-electron chi connectivity index (χ3n) is 2.31. The lowest BCUT2D eigenvalue weighted by molar-refractivity contribution is -0.107. The number of hydrogen-bond acceptors (Lipinski definition) is 3. The quantitative estimate of drug-likeness (QED) is 0.463. The molecule has 0 atom stereocenters. The zero-order chi connectivity index (χ0) is 12.1. The molecule has 0 bridgehead atoms. The molecule has 16 heavy (non-hydrogen) atoms. The number of rotatable bonds is 10. The average molecular weight is 229 g/mol.